The van der Waals surface area contributed by atoms with Gasteiger partial charge in [-0.3, -0.25) is 4.79 Å². The van der Waals surface area contributed by atoms with Gasteiger partial charge in [-0.2, -0.15) is 0 Å². The van der Waals surface area contributed by atoms with Crippen LogP contribution >= 0.6 is 11.6 Å². The Bertz CT molecular complexity index is 327. The van der Waals surface area contributed by atoms with Gasteiger partial charge in [-0.05, 0) is 19.2 Å². The number of carbonyl (C=O) groups excluding carboxylic acids is 1. The quantitative estimate of drug-likeness (QED) is 0.757. The van der Waals surface area contributed by atoms with E-state index in [9.17, 15) is 9.18 Å². The van der Waals surface area contributed by atoms with Crippen LogP contribution in [0.4, 0.5) is 4.39 Å². The minimum atomic E-state index is -0.566. The summed E-state index contributed by atoms with van der Waals surface area (Å²) in [6, 6.07) is 4.19. The van der Waals surface area contributed by atoms with Crippen molar-refractivity contribution < 1.29 is 9.18 Å². The van der Waals surface area contributed by atoms with Crippen molar-refractivity contribution >= 4 is 17.4 Å². The van der Waals surface area contributed by atoms with Crippen molar-refractivity contribution in [2.24, 2.45) is 0 Å². The van der Waals surface area contributed by atoms with Gasteiger partial charge in [0.15, 0.2) is 5.78 Å². The van der Waals surface area contributed by atoms with E-state index in [2.05, 4.69) is 5.32 Å². The number of Topliss-reactive ketones (excluding diaryl/α,β-unsaturated/α-hetero) is 1. The van der Waals surface area contributed by atoms with Gasteiger partial charge in [0, 0.05) is 5.56 Å². The average Bonchev–Trinajstić information content (AvgIpc) is 2.10. The van der Waals surface area contributed by atoms with Gasteiger partial charge in [0.25, 0.3) is 0 Å². The van der Waals surface area contributed by atoms with E-state index in [-0.39, 0.29) is 22.9 Å². The molecule has 0 aliphatic carbocycles. The zero-order chi connectivity index (χ0) is 9.84. The van der Waals surface area contributed by atoms with Crippen molar-refractivity contribution in [3.05, 3.63) is 34.6 Å². The van der Waals surface area contributed by atoms with Crippen molar-refractivity contribution in [3.63, 3.8) is 0 Å². The highest BCUT2D eigenvalue weighted by Crippen LogP contribution is 2.19. The van der Waals surface area contributed by atoms with Crippen LogP contribution in [0.3, 0.4) is 0 Å². The van der Waals surface area contributed by atoms with Gasteiger partial charge < -0.3 is 5.32 Å². The number of hydrogen-bond donors (Lipinski definition) is 1. The van der Waals surface area contributed by atoms with Gasteiger partial charge in [0.1, 0.15) is 5.82 Å². The zero-order valence-corrected chi connectivity index (χ0v) is 7.86. The van der Waals surface area contributed by atoms with Crippen LogP contribution < -0.4 is 5.32 Å². The number of likely N-dealkylation sites (N-methyl/N-ethyl adjacent to an activating group) is 1. The smallest absolute Gasteiger partial charge is 0.178 e. The maximum absolute atomic E-state index is 12.9. The lowest BCUT2D eigenvalue weighted by Crippen LogP contribution is -2.19. The summed E-state index contributed by atoms with van der Waals surface area (Å²) in [6.07, 6.45) is 0. The highest BCUT2D eigenvalue weighted by atomic mass is 35.5. The SMILES string of the molecule is CNCC(=O)c1cccc(F)c1Cl. The first-order valence-corrected chi connectivity index (χ1v) is 4.16. The second-order valence-electron chi connectivity index (χ2n) is 2.55. The molecule has 0 heterocycles. The molecule has 0 unspecified atom stereocenters. The maximum Gasteiger partial charge on any atom is 0.178 e. The molecule has 0 saturated carbocycles. The summed E-state index contributed by atoms with van der Waals surface area (Å²) >= 11 is 5.60. The summed E-state index contributed by atoms with van der Waals surface area (Å²) in [7, 11) is 1.64. The molecule has 1 rings (SSSR count). The van der Waals surface area contributed by atoms with Crippen LogP contribution in [0.5, 0.6) is 0 Å². The third-order valence-corrected chi connectivity index (χ3v) is 1.97. The largest absolute Gasteiger partial charge is 0.313 e. The number of carbonyl (C=O) groups is 1. The Morgan fingerprint density at radius 2 is 2.31 bits per heavy atom. The van der Waals surface area contributed by atoms with Crippen LogP contribution in [0.2, 0.25) is 5.02 Å². The van der Waals surface area contributed by atoms with E-state index in [4.69, 9.17) is 11.6 Å². The summed E-state index contributed by atoms with van der Waals surface area (Å²) < 4.78 is 12.9. The van der Waals surface area contributed by atoms with Gasteiger partial charge >= 0.3 is 0 Å². The van der Waals surface area contributed by atoms with E-state index in [0.29, 0.717) is 0 Å². The third kappa shape index (κ3) is 2.26. The molecule has 0 atom stereocenters. The Hall–Kier alpha value is -0.930. The second kappa shape index (κ2) is 4.35. The monoisotopic (exact) mass is 201 g/mol. The van der Waals surface area contributed by atoms with Crippen molar-refractivity contribution in [3.8, 4) is 0 Å². The Balaban J connectivity index is 3.01. The molecule has 2 nitrogen and oxygen atoms in total. The summed E-state index contributed by atoms with van der Waals surface area (Å²) in [5.74, 6) is -0.782. The first kappa shape index (κ1) is 10.2. The van der Waals surface area contributed by atoms with E-state index in [0.717, 1.165) is 0 Å². The third-order valence-electron chi connectivity index (χ3n) is 1.59. The van der Waals surface area contributed by atoms with Gasteiger partial charge in [0.05, 0.1) is 11.6 Å². The van der Waals surface area contributed by atoms with E-state index in [1.54, 1.807) is 7.05 Å². The summed E-state index contributed by atoms with van der Waals surface area (Å²) in [6.45, 7) is 0.156. The topological polar surface area (TPSA) is 29.1 Å². The predicted octanol–water partition coefficient (Wildman–Crippen LogP) is 1.88. The Morgan fingerprint density at radius 3 is 2.92 bits per heavy atom. The molecule has 0 fully saturated rings. The van der Waals surface area contributed by atoms with Crippen LogP contribution in [0.15, 0.2) is 18.2 Å². The zero-order valence-electron chi connectivity index (χ0n) is 7.10. The molecular weight excluding hydrogens is 193 g/mol. The lowest BCUT2D eigenvalue weighted by molar-refractivity contribution is 0.0993. The number of hydrogen-bond acceptors (Lipinski definition) is 2. The number of ketones is 1. The van der Waals surface area contributed by atoms with E-state index in [1.165, 1.54) is 18.2 Å². The van der Waals surface area contributed by atoms with Crippen LogP contribution in [0, 0.1) is 5.82 Å². The molecule has 13 heavy (non-hydrogen) atoms. The fourth-order valence-electron chi connectivity index (χ4n) is 0.975. The lowest BCUT2D eigenvalue weighted by Gasteiger charge is -2.02. The van der Waals surface area contributed by atoms with Crippen LogP contribution in [-0.4, -0.2) is 19.4 Å². The first-order chi connectivity index (χ1) is 6.16. The summed E-state index contributed by atoms with van der Waals surface area (Å²) in [4.78, 5) is 11.3. The number of benzene rings is 1. The molecule has 0 aliphatic rings. The molecule has 1 N–H and O–H groups in total. The summed E-state index contributed by atoms with van der Waals surface area (Å²) in [5.41, 5.74) is 0.219. The standard InChI is InChI=1S/C9H9ClFNO/c1-12-5-8(13)6-3-2-4-7(11)9(6)10/h2-4,12H,5H2,1H3. The molecule has 0 aromatic heterocycles. The van der Waals surface area contributed by atoms with Crippen molar-refractivity contribution in [1.82, 2.24) is 5.32 Å². The Morgan fingerprint density at radius 1 is 1.62 bits per heavy atom. The van der Waals surface area contributed by atoms with Crippen LogP contribution in [-0.2, 0) is 0 Å². The highest BCUT2D eigenvalue weighted by Gasteiger charge is 2.11. The predicted molar refractivity (Wildman–Crippen MR) is 49.7 cm³/mol. The second-order valence-corrected chi connectivity index (χ2v) is 2.93. The van der Waals surface area contributed by atoms with Crippen molar-refractivity contribution in [2.45, 2.75) is 0 Å². The van der Waals surface area contributed by atoms with E-state index >= 15 is 0 Å². The Kier molecular flexibility index (Phi) is 3.39. The molecule has 4 heteroatoms. The molecule has 1 aromatic carbocycles. The fraction of sp³-hybridized carbons (Fsp3) is 0.222. The molecule has 0 spiro atoms. The van der Waals surface area contributed by atoms with Gasteiger partial charge in [-0.25, -0.2) is 4.39 Å². The number of rotatable bonds is 3. The molecule has 0 radical (unpaired) electrons. The Labute approximate surface area is 80.7 Å². The van der Waals surface area contributed by atoms with Crippen LogP contribution in [0.25, 0.3) is 0 Å². The molecule has 0 aliphatic heterocycles. The van der Waals surface area contributed by atoms with Gasteiger partial charge in [-0.1, -0.05) is 17.7 Å². The molecule has 70 valence electrons. The number of nitrogens with one attached hydrogen (secondary N) is 1. The van der Waals surface area contributed by atoms with Crippen LogP contribution in [0.1, 0.15) is 10.4 Å². The average molecular weight is 202 g/mol. The van der Waals surface area contributed by atoms with Crippen molar-refractivity contribution in [2.75, 3.05) is 13.6 Å². The van der Waals surface area contributed by atoms with Gasteiger partial charge in [-0.15, -0.1) is 0 Å². The van der Waals surface area contributed by atoms with Crippen molar-refractivity contribution in [1.29, 1.82) is 0 Å². The maximum atomic E-state index is 12.9. The van der Waals surface area contributed by atoms with Gasteiger partial charge in [0.2, 0.25) is 0 Å². The molecule has 0 saturated heterocycles. The fourth-order valence-corrected chi connectivity index (χ4v) is 1.21. The minimum Gasteiger partial charge on any atom is -0.313 e. The normalized spacial score (nSPS) is 10.1. The molecule has 1 aromatic rings. The molecular formula is C9H9ClFNO. The van der Waals surface area contributed by atoms with E-state index < -0.39 is 5.82 Å². The lowest BCUT2D eigenvalue weighted by atomic mass is 10.1. The molecule has 0 amide bonds. The molecule has 0 bridgehead atoms. The highest BCUT2D eigenvalue weighted by molar-refractivity contribution is 6.34. The summed E-state index contributed by atoms with van der Waals surface area (Å²) in [5, 5.41) is 2.57. The minimum absolute atomic E-state index is 0.109. The first-order valence-electron chi connectivity index (χ1n) is 3.78. The number of halogens is 2. The van der Waals surface area contributed by atoms with E-state index in [1.807, 2.05) is 0 Å².